The van der Waals surface area contributed by atoms with Crippen LogP contribution < -0.4 is 56.5 Å². The van der Waals surface area contributed by atoms with Crippen LogP contribution in [0.1, 0.15) is 50.5 Å². The molecule has 0 aromatic heterocycles. The number of aldehydes is 1. The molecule has 39 heavy (non-hydrogen) atoms. The van der Waals surface area contributed by atoms with Crippen molar-refractivity contribution in [3.63, 3.8) is 0 Å². The molecule has 2 aromatic rings. The number of hydrogen-bond donors (Lipinski definition) is 0. The number of nitriles is 2. The summed E-state index contributed by atoms with van der Waals surface area (Å²) in [4.78, 5) is 10.2. The van der Waals surface area contributed by atoms with Gasteiger partial charge in [0.1, 0.15) is 17.8 Å². The first-order chi connectivity index (χ1) is 17.7. The standard InChI is InChI=1S/C9H5BrFN.C7H4BrFO.C6H12NO3P.C4H9O.K/c10-9-6-8(11)4-3-7(9)2-1-5-12;8-7-3-6(9)2-1-5(7)4-10;1-3-9-11(8,6-5-7)10-4-2;1-4(2,3)5;/h1-4,6H;1-4H;3-4,6H2,1-2H3;1-3H3;/q;;;-1;+1/b2-1+;;;;. The van der Waals surface area contributed by atoms with E-state index in [9.17, 15) is 23.2 Å². The Balaban J connectivity index is -0.000000455. The van der Waals surface area contributed by atoms with E-state index >= 15 is 0 Å². The maximum Gasteiger partial charge on any atom is 1.00 e. The zero-order valence-corrected chi connectivity index (χ0v) is 29.9. The summed E-state index contributed by atoms with van der Waals surface area (Å²) in [6.07, 6.45) is 3.46. The minimum Gasteiger partial charge on any atom is -0.850 e. The normalized spacial score (nSPS) is 10.2. The van der Waals surface area contributed by atoms with Gasteiger partial charge in [-0.15, -0.1) is 5.60 Å². The van der Waals surface area contributed by atoms with Crippen LogP contribution in [0.25, 0.3) is 6.08 Å². The van der Waals surface area contributed by atoms with Crippen LogP contribution in [0.2, 0.25) is 0 Å². The van der Waals surface area contributed by atoms with Crippen molar-refractivity contribution in [2.45, 2.75) is 40.2 Å². The van der Waals surface area contributed by atoms with Crippen molar-refractivity contribution >= 4 is 51.8 Å². The van der Waals surface area contributed by atoms with E-state index in [0.717, 1.165) is 5.56 Å². The first kappa shape index (κ1) is 42.9. The maximum atomic E-state index is 12.6. The number of hydrogen-bond acceptors (Lipinski definition) is 7. The summed E-state index contributed by atoms with van der Waals surface area (Å²) in [5, 5.41) is 26.6. The SMILES string of the molecule is CC(C)(C)[O-].CCOP(=O)(CC#N)OCC.N#C/C=C/c1ccc(F)cc1Br.O=Cc1ccc(F)cc1Br.[K+]. The van der Waals surface area contributed by atoms with Crippen LogP contribution in [0.4, 0.5) is 8.78 Å². The summed E-state index contributed by atoms with van der Waals surface area (Å²) in [5.74, 6) is -0.645. The molecule has 0 radical (unpaired) electrons. The van der Waals surface area contributed by atoms with Crippen LogP contribution in [0.5, 0.6) is 0 Å². The molecule has 0 N–H and O–H groups in total. The Kier molecular flexibility index (Phi) is 26.4. The molecular weight excluding hydrogens is 688 g/mol. The molecule has 2 aromatic carbocycles. The third-order valence-corrected chi connectivity index (χ3v) is 6.51. The summed E-state index contributed by atoms with van der Waals surface area (Å²) in [6, 6.07) is 11.9. The number of rotatable bonds is 7. The Morgan fingerprint density at radius 3 is 1.69 bits per heavy atom. The Bertz CT molecular complexity index is 1150. The fraction of sp³-hybridized carbons (Fsp3) is 0.346. The maximum absolute atomic E-state index is 12.6. The van der Waals surface area contributed by atoms with Crippen LogP contribution in [0.15, 0.2) is 51.4 Å². The number of halogens is 4. The second-order valence-corrected chi connectivity index (χ2v) is 11.6. The zero-order valence-electron chi connectivity index (χ0n) is 22.7. The summed E-state index contributed by atoms with van der Waals surface area (Å²) >= 11 is 6.21. The number of carbonyl (C=O) groups is 1. The summed E-state index contributed by atoms with van der Waals surface area (Å²) < 4.78 is 47.0. The molecule has 0 saturated heterocycles. The molecule has 0 saturated carbocycles. The van der Waals surface area contributed by atoms with Gasteiger partial charge in [0.2, 0.25) is 0 Å². The fourth-order valence-electron chi connectivity index (χ4n) is 1.97. The van der Waals surface area contributed by atoms with Gasteiger partial charge >= 0.3 is 59.0 Å². The van der Waals surface area contributed by atoms with Crippen molar-refractivity contribution in [3.8, 4) is 12.1 Å². The summed E-state index contributed by atoms with van der Waals surface area (Å²) in [7, 11) is -3.08. The number of benzene rings is 2. The molecule has 0 amide bonds. The van der Waals surface area contributed by atoms with Crippen LogP contribution in [0.3, 0.4) is 0 Å². The van der Waals surface area contributed by atoms with Crippen LogP contribution in [-0.4, -0.2) is 31.3 Å². The molecule has 2 rings (SSSR count). The van der Waals surface area contributed by atoms with E-state index in [1.807, 2.05) is 6.07 Å². The Morgan fingerprint density at radius 1 is 0.974 bits per heavy atom. The molecule has 208 valence electrons. The molecule has 0 atom stereocenters. The van der Waals surface area contributed by atoms with Crippen LogP contribution in [-0.2, 0) is 13.6 Å². The molecule has 0 heterocycles. The van der Waals surface area contributed by atoms with Crippen molar-refractivity contribution < 1.29 is 83.7 Å². The minimum atomic E-state index is -3.08. The first-order valence-corrected chi connectivity index (χ1v) is 14.3. The second-order valence-electron chi connectivity index (χ2n) is 7.79. The van der Waals surface area contributed by atoms with Gasteiger partial charge in [0.05, 0.1) is 25.4 Å². The third-order valence-electron chi connectivity index (χ3n) is 3.31. The predicted octanol–water partition coefficient (Wildman–Crippen LogP) is 4.45. The van der Waals surface area contributed by atoms with Gasteiger partial charge in [-0.2, -0.15) is 10.5 Å². The second kappa shape index (κ2) is 24.0. The predicted molar refractivity (Wildman–Crippen MR) is 149 cm³/mol. The van der Waals surface area contributed by atoms with Gasteiger partial charge in [0, 0.05) is 20.6 Å². The Morgan fingerprint density at radius 2 is 1.38 bits per heavy atom. The average molecular weight is 718 g/mol. The van der Waals surface area contributed by atoms with Gasteiger partial charge in [-0.25, -0.2) is 8.78 Å². The molecule has 0 spiro atoms. The Hall–Kier alpha value is -0.604. The van der Waals surface area contributed by atoms with Crippen LogP contribution in [0, 0.1) is 34.3 Å². The van der Waals surface area contributed by atoms with Gasteiger partial charge in [-0.3, -0.25) is 9.36 Å². The molecule has 0 bridgehead atoms. The van der Waals surface area contributed by atoms with Crippen molar-refractivity contribution in [2.75, 3.05) is 19.4 Å². The summed E-state index contributed by atoms with van der Waals surface area (Å²) in [5.41, 5.74) is 0.499. The van der Waals surface area contributed by atoms with E-state index < -0.39 is 13.2 Å². The first-order valence-electron chi connectivity index (χ1n) is 11.0. The molecule has 0 aliphatic carbocycles. The molecular formula is C26H30Br2F2KN2O5P. The molecule has 0 fully saturated rings. The minimum absolute atomic E-state index is 0. The van der Waals surface area contributed by atoms with E-state index in [4.69, 9.17) is 19.6 Å². The molecule has 0 unspecified atom stereocenters. The van der Waals surface area contributed by atoms with Gasteiger partial charge in [0.15, 0.2) is 6.29 Å². The summed E-state index contributed by atoms with van der Waals surface area (Å²) in [6.45, 7) is 8.93. The van der Waals surface area contributed by atoms with E-state index in [1.54, 1.807) is 52.8 Å². The smallest absolute Gasteiger partial charge is 0.850 e. The molecule has 0 aliphatic rings. The van der Waals surface area contributed by atoms with Gasteiger partial charge in [0.25, 0.3) is 0 Å². The number of nitrogens with zero attached hydrogens (tertiary/aromatic N) is 2. The van der Waals surface area contributed by atoms with Crippen molar-refractivity contribution in [1.29, 1.82) is 10.5 Å². The van der Waals surface area contributed by atoms with Crippen molar-refractivity contribution in [3.05, 3.63) is 74.2 Å². The fourth-order valence-corrected chi connectivity index (χ4v) is 4.11. The van der Waals surface area contributed by atoms with E-state index in [0.29, 0.717) is 34.0 Å². The van der Waals surface area contributed by atoms with E-state index in [1.165, 1.54) is 36.4 Å². The quantitative estimate of drug-likeness (QED) is 0.180. The number of carbonyl (C=O) groups excluding carboxylic acids is 1. The van der Waals surface area contributed by atoms with Gasteiger partial charge in [-0.1, -0.05) is 42.8 Å². The molecule has 0 aliphatic heterocycles. The van der Waals surface area contributed by atoms with E-state index in [2.05, 4.69) is 31.9 Å². The Labute approximate surface area is 288 Å². The molecule has 13 heteroatoms. The van der Waals surface area contributed by atoms with Crippen LogP contribution >= 0.6 is 39.5 Å². The van der Waals surface area contributed by atoms with Crippen molar-refractivity contribution in [2.24, 2.45) is 0 Å². The van der Waals surface area contributed by atoms with Gasteiger partial charge < -0.3 is 14.2 Å². The zero-order chi connectivity index (χ0) is 29.8. The topological polar surface area (TPSA) is 123 Å². The number of allylic oxidation sites excluding steroid dienone is 1. The van der Waals surface area contributed by atoms with Gasteiger partial charge in [-0.05, 0) is 71.7 Å². The molecule has 7 nitrogen and oxygen atoms in total. The van der Waals surface area contributed by atoms with Crippen molar-refractivity contribution in [1.82, 2.24) is 0 Å². The average Bonchev–Trinajstić information content (AvgIpc) is 2.79. The third kappa shape index (κ3) is 24.9. The van der Waals surface area contributed by atoms with E-state index in [-0.39, 0.29) is 69.2 Å². The largest absolute Gasteiger partial charge is 1.00 e. The monoisotopic (exact) mass is 716 g/mol.